The molecule has 3 heterocycles. The Bertz CT molecular complexity index is 475. The molecule has 0 saturated carbocycles. The van der Waals surface area contributed by atoms with Crippen molar-refractivity contribution in [1.29, 1.82) is 0 Å². The number of piperidine rings is 1. The highest BCUT2D eigenvalue weighted by Gasteiger charge is 2.19. The van der Waals surface area contributed by atoms with Crippen LogP contribution in [0.3, 0.4) is 0 Å². The molecule has 0 N–H and O–H groups in total. The second kappa shape index (κ2) is 6.92. The minimum Gasteiger partial charge on any atom is -0.370 e. The lowest BCUT2D eigenvalue weighted by atomic mass is 10.1. The van der Waals surface area contributed by atoms with E-state index < -0.39 is 0 Å². The summed E-state index contributed by atoms with van der Waals surface area (Å²) in [5.41, 5.74) is 1.86. The maximum absolute atomic E-state index is 12.7. The Hall–Kier alpha value is -1.58. The van der Waals surface area contributed by atoms with E-state index in [0.29, 0.717) is 0 Å². The van der Waals surface area contributed by atoms with Gasteiger partial charge in [0.2, 0.25) is 0 Å². The Labute approximate surface area is 127 Å². The van der Waals surface area contributed by atoms with Crippen molar-refractivity contribution in [1.82, 2.24) is 9.88 Å². The third kappa shape index (κ3) is 3.55. The van der Waals surface area contributed by atoms with Gasteiger partial charge in [0, 0.05) is 32.4 Å². The minimum absolute atomic E-state index is 0.156. The summed E-state index contributed by atoms with van der Waals surface area (Å²) in [6, 6.07) is 2.03. The lowest BCUT2D eigenvalue weighted by Crippen LogP contribution is -2.33. The number of hydrogen-bond acceptors (Lipinski definition) is 3. The van der Waals surface area contributed by atoms with E-state index in [2.05, 4.69) is 9.88 Å². The van der Waals surface area contributed by atoms with Gasteiger partial charge in [-0.25, -0.2) is 0 Å². The zero-order valence-corrected chi connectivity index (χ0v) is 12.8. The Morgan fingerprint density at radius 2 is 1.48 bits per heavy atom. The number of hydrogen-bond donors (Lipinski definition) is 0. The SMILES string of the molecule is O=C(c1cncc(N2CCCCC2)c1)N1CCCCCC1. The monoisotopic (exact) mass is 287 g/mol. The van der Waals surface area contributed by atoms with Gasteiger partial charge in [-0.05, 0) is 38.2 Å². The van der Waals surface area contributed by atoms with Gasteiger partial charge in [-0.15, -0.1) is 0 Å². The number of amides is 1. The van der Waals surface area contributed by atoms with Gasteiger partial charge in [0.15, 0.2) is 0 Å². The summed E-state index contributed by atoms with van der Waals surface area (Å²) in [6.07, 6.45) is 12.2. The summed E-state index contributed by atoms with van der Waals surface area (Å²) in [4.78, 5) is 21.3. The van der Waals surface area contributed by atoms with E-state index >= 15 is 0 Å². The van der Waals surface area contributed by atoms with Crippen LogP contribution in [0.2, 0.25) is 0 Å². The molecular formula is C17H25N3O. The molecule has 0 radical (unpaired) electrons. The number of carbonyl (C=O) groups excluding carboxylic acids is 1. The Morgan fingerprint density at radius 3 is 2.19 bits per heavy atom. The largest absolute Gasteiger partial charge is 0.370 e. The standard InChI is InChI=1S/C17H25N3O/c21-17(20-10-4-1-2-5-11-20)15-12-16(14-18-13-15)19-8-6-3-7-9-19/h12-14H,1-11H2. The normalized spacial score (nSPS) is 20.2. The summed E-state index contributed by atoms with van der Waals surface area (Å²) in [6.45, 7) is 3.96. The Balaban J connectivity index is 1.73. The van der Waals surface area contributed by atoms with E-state index in [0.717, 1.165) is 50.3 Å². The maximum atomic E-state index is 12.7. The van der Waals surface area contributed by atoms with Gasteiger partial charge in [-0.1, -0.05) is 12.8 Å². The van der Waals surface area contributed by atoms with Crippen molar-refractivity contribution in [3.63, 3.8) is 0 Å². The van der Waals surface area contributed by atoms with Gasteiger partial charge < -0.3 is 9.80 Å². The van der Waals surface area contributed by atoms with E-state index in [9.17, 15) is 4.79 Å². The third-order valence-corrected chi connectivity index (χ3v) is 4.59. The fourth-order valence-corrected chi connectivity index (χ4v) is 3.33. The van der Waals surface area contributed by atoms with Crippen LogP contribution in [0.5, 0.6) is 0 Å². The lowest BCUT2D eigenvalue weighted by molar-refractivity contribution is 0.0761. The van der Waals surface area contributed by atoms with Crippen LogP contribution in [0.4, 0.5) is 5.69 Å². The molecule has 4 heteroatoms. The molecule has 21 heavy (non-hydrogen) atoms. The number of carbonyl (C=O) groups is 1. The number of aromatic nitrogens is 1. The first-order chi connectivity index (χ1) is 10.3. The molecule has 0 bridgehead atoms. The molecule has 2 aliphatic heterocycles. The molecule has 114 valence electrons. The lowest BCUT2D eigenvalue weighted by Gasteiger charge is -2.29. The van der Waals surface area contributed by atoms with Crippen molar-refractivity contribution in [2.45, 2.75) is 44.9 Å². The van der Waals surface area contributed by atoms with Crippen LogP contribution >= 0.6 is 0 Å². The van der Waals surface area contributed by atoms with Crippen LogP contribution in [0.15, 0.2) is 18.5 Å². The molecule has 0 atom stereocenters. The number of rotatable bonds is 2. The van der Waals surface area contributed by atoms with Crippen molar-refractivity contribution >= 4 is 11.6 Å². The van der Waals surface area contributed by atoms with Gasteiger partial charge in [-0.2, -0.15) is 0 Å². The highest BCUT2D eigenvalue weighted by atomic mass is 16.2. The van der Waals surface area contributed by atoms with Gasteiger partial charge in [0.25, 0.3) is 5.91 Å². The van der Waals surface area contributed by atoms with Crippen LogP contribution in [0.1, 0.15) is 55.3 Å². The van der Waals surface area contributed by atoms with Crippen LogP contribution in [-0.2, 0) is 0 Å². The molecule has 4 nitrogen and oxygen atoms in total. The predicted octanol–water partition coefficient (Wildman–Crippen LogP) is 3.09. The number of anilines is 1. The van der Waals surface area contributed by atoms with Crippen molar-refractivity contribution in [3.8, 4) is 0 Å². The average Bonchev–Trinajstić information content (AvgIpc) is 2.84. The Morgan fingerprint density at radius 1 is 0.857 bits per heavy atom. The fourth-order valence-electron chi connectivity index (χ4n) is 3.33. The van der Waals surface area contributed by atoms with Crippen molar-refractivity contribution in [3.05, 3.63) is 24.0 Å². The van der Waals surface area contributed by atoms with Gasteiger partial charge in [-0.3, -0.25) is 9.78 Å². The number of nitrogens with zero attached hydrogens (tertiary/aromatic N) is 3. The maximum Gasteiger partial charge on any atom is 0.255 e. The molecule has 0 unspecified atom stereocenters. The second-order valence-electron chi connectivity index (χ2n) is 6.19. The molecular weight excluding hydrogens is 262 g/mol. The molecule has 0 aliphatic carbocycles. The van der Waals surface area contributed by atoms with Crippen molar-refractivity contribution in [2.24, 2.45) is 0 Å². The quantitative estimate of drug-likeness (QED) is 0.838. The van der Waals surface area contributed by atoms with E-state index in [-0.39, 0.29) is 5.91 Å². The van der Waals surface area contributed by atoms with Gasteiger partial charge >= 0.3 is 0 Å². The van der Waals surface area contributed by atoms with Gasteiger partial charge in [0.1, 0.15) is 0 Å². The average molecular weight is 287 g/mol. The van der Waals surface area contributed by atoms with Gasteiger partial charge in [0.05, 0.1) is 17.4 Å². The molecule has 0 spiro atoms. The number of pyridine rings is 1. The molecule has 2 saturated heterocycles. The predicted molar refractivity (Wildman–Crippen MR) is 84.7 cm³/mol. The molecule has 2 aliphatic rings. The first-order valence-electron chi connectivity index (χ1n) is 8.34. The molecule has 2 fully saturated rings. The summed E-state index contributed by atoms with van der Waals surface area (Å²) in [5.74, 6) is 0.156. The zero-order valence-electron chi connectivity index (χ0n) is 12.8. The van der Waals surface area contributed by atoms with Crippen molar-refractivity contribution < 1.29 is 4.79 Å². The molecule has 0 aromatic carbocycles. The van der Waals surface area contributed by atoms with E-state index in [1.165, 1.54) is 32.1 Å². The van der Waals surface area contributed by atoms with Crippen LogP contribution < -0.4 is 4.90 Å². The molecule has 1 aromatic rings. The molecule has 1 amide bonds. The van der Waals surface area contributed by atoms with Crippen LogP contribution in [0, 0.1) is 0 Å². The second-order valence-corrected chi connectivity index (χ2v) is 6.19. The highest BCUT2D eigenvalue weighted by molar-refractivity contribution is 5.94. The van der Waals surface area contributed by atoms with Crippen LogP contribution in [0.25, 0.3) is 0 Å². The molecule has 1 aromatic heterocycles. The fraction of sp³-hybridized carbons (Fsp3) is 0.647. The molecule has 3 rings (SSSR count). The summed E-state index contributed by atoms with van der Waals surface area (Å²) in [5, 5.41) is 0. The summed E-state index contributed by atoms with van der Waals surface area (Å²) in [7, 11) is 0. The third-order valence-electron chi connectivity index (χ3n) is 4.59. The topological polar surface area (TPSA) is 36.4 Å². The minimum atomic E-state index is 0.156. The first-order valence-corrected chi connectivity index (χ1v) is 8.34. The van der Waals surface area contributed by atoms with E-state index in [1.807, 2.05) is 17.2 Å². The Kier molecular flexibility index (Phi) is 4.73. The smallest absolute Gasteiger partial charge is 0.255 e. The van der Waals surface area contributed by atoms with Crippen LogP contribution in [-0.4, -0.2) is 42.0 Å². The van der Waals surface area contributed by atoms with E-state index in [1.54, 1.807) is 6.20 Å². The first kappa shape index (κ1) is 14.4. The van der Waals surface area contributed by atoms with Crippen molar-refractivity contribution in [2.75, 3.05) is 31.1 Å². The summed E-state index contributed by atoms with van der Waals surface area (Å²) < 4.78 is 0. The summed E-state index contributed by atoms with van der Waals surface area (Å²) >= 11 is 0. The highest BCUT2D eigenvalue weighted by Crippen LogP contribution is 2.21. The number of likely N-dealkylation sites (tertiary alicyclic amines) is 1. The van der Waals surface area contributed by atoms with E-state index in [4.69, 9.17) is 0 Å². The zero-order chi connectivity index (χ0) is 14.5.